The van der Waals surface area contributed by atoms with Crippen molar-refractivity contribution in [2.45, 2.75) is 38.8 Å². The van der Waals surface area contributed by atoms with Gasteiger partial charge < -0.3 is 10.5 Å². The van der Waals surface area contributed by atoms with Gasteiger partial charge in [0.05, 0.1) is 0 Å². The zero-order chi connectivity index (χ0) is 13.0. The molecule has 0 amide bonds. The van der Waals surface area contributed by atoms with Crippen molar-refractivity contribution in [2.75, 3.05) is 19.6 Å². The summed E-state index contributed by atoms with van der Waals surface area (Å²) in [5.41, 5.74) is 6.93. The predicted octanol–water partition coefficient (Wildman–Crippen LogP) is 2.05. The highest BCUT2D eigenvalue weighted by atomic mass is 16.5. The normalized spacial score (nSPS) is 18.2. The van der Waals surface area contributed by atoms with Gasteiger partial charge in [0.15, 0.2) is 0 Å². The van der Waals surface area contributed by atoms with Crippen molar-refractivity contribution >= 4 is 0 Å². The molecule has 2 rings (SSSR count). The lowest BCUT2D eigenvalue weighted by atomic mass is 10.1. The fraction of sp³-hybridized carbons (Fsp3) is 0.600. The topological polar surface area (TPSA) is 38.5 Å². The number of hydrogen-bond donors (Lipinski definition) is 1. The Bertz CT molecular complexity index is 354. The summed E-state index contributed by atoms with van der Waals surface area (Å²) in [4.78, 5) is 2.46. The SMILES string of the molecule is CC(C)N(CCCN)CC1Cc2ccccc2O1. The number of hydrogen-bond acceptors (Lipinski definition) is 3. The number of para-hydroxylation sites is 1. The highest BCUT2D eigenvalue weighted by Crippen LogP contribution is 2.28. The maximum atomic E-state index is 5.99. The first-order valence-electron chi connectivity index (χ1n) is 6.89. The van der Waals surface area contributed by atoms with Gasteiger partial charge in [0, 0.05) is 19.0 Å². The Hall–Kier alpha value is -1.06. The van der Waals surface area contributed by atoms with Crippen molar-refractivity contribution in [1.29, 1.82) is 0 Å². The fourth-order valence-electron chi connectivity index (χ4n) is 2.47. The number of rotatable bonds is 6. The van der Waals surface area contributed by atoms with E-state index in [2.05, 4.69) is 36.9 Å². The van der Waals surface area contributed by atoms with Gasteiger partial charge >= 0.3 is 0 Å². The van der Waals surface area contributed by atoms with E-state index in [9.17, 15) is 0 Å². The predicted molar refractivity (Wildman–Crippen MR) is 74.9 cm³/mol. The van der Waals surface area contributed by atoms with Gasteiger partial charge in [0.1, 0.15) is 11.9 Å². The first-order valence-corrected chi connectivity index (χ1v) is 6.89. The van der Waals surface area contributed by atoms with Crippen molar-refractivity contribution in [1.82, 2.24) is 4.90 Å². The Balaban J connectivity index is 1.90. The summed E-state index contributed by atoms with van der Waals surface area (Å²) in [6.45, 7) is 7.28. The second-order valence-electron chi connectivity index (χ2n) is 5.28. The molecule has 0 fully saturated rings. The first kappa shape index (κ1) is 13.4. The van der Waals surface area contributed by atoms with Crippen molar-refractivity contribution < 1.29 is 4.74 Å². The summed E-state index contributed by atoms with van der Waals surface area (Å²) < 4.78 is 5.99. The smallest absolute Gasteiger partial charge is 0.123 e. The Kier molecular flexibility index (Phi) is 4.61. The number of nitrogens with zero attached hydrogens (tertiary/aromatic N) is 1. The van der Waals surface area contributed by atoms with Crippen molar-refractivity contribution in [3.8, 4) is 5.75 Å². The third kappa shape index (κ3) is 3.24. The summed E-state index contributed by atoms with van der Waals surface area (Å²) >= 11 is 0. The highest BCUT2D eigenvalue weighted by Gasteiger charge is 2.25. The molecule has 0 radical (unpaired) electrons. The van der Waals surface area contributed by atoms with Crippen LogP contribution in [0.25, 0.3) is 0 Å². The van der Waals surface area contributed by atoms with Crippen LogP contribution in [0.4, 0.5) is 0 Å². The molecule has 0 saturated carbocycles. The standard InChI is InChI=1S/C15H24N2O/c1-12(2)17(9-5-8-16)11-14-10-13-6-3-4-7-15(13)18-14/h3-4,6-7,12,14H,5,8-11,16H2,1-2H3. The molecule has 0 bridgehead atoms. The highest BCUT2D eigenvalue weighted by molar-refractivity contribution is 5.37. The lowest BCUT2D eigenvalue weighted by Crippen LogP contribution is -2.40. The van der Waals surface area contributed by atoms with Crippen LogP contribution in [0, 0.1) is 0 Å². The maximum Gasteiger partial charge on any atom is 0.123 e. The maximum absolute atomic E-state index is 5.99. The van der Waals surface area contributed by atoms with E-state index in [1.807, 2.05) is 6.07 Å². The Labute approximate surface area is 110 Å². The van der Waals surface area contributed by atoms with E-state index in [-0.39, 0.29) is 0 Å². The second-order valence-corrected chi connectivity index (χ2v) is 5.28. The average Bonchev–Trinajstić information content (AvgIpc) is 2.76. The lowest BCUT2D eigenvalue weighted by molar-refractivity contribution is 0.127. The molecule has 1 atom stereocenters. The van der Waals surface area contributed by atoms with Crippen molar-refractivity contribution in [2.24, 2.45) is 5.73 Å². The minimum absolute atomic E-state index is 0.294. The number of nitrogens with two attached hydrogens (primary N) is 1. The van der Waals surface area contributed by atoms with Crippen LogP contribution in [-0.2, 0) is 6.42 Å². The third-order valence-corrected chi connectivity index (χ3v) is 3.53. The Morgan fingerprint density at radius 3 is 2.83 bits per heavy atom. The molecule has 0 aromatic heterocycles. The van der Waals surface area contributed by atoms with Crippen LogP contribution in [0.3, 0.4) is 0 Å². The van der Waals surface area contributed by atoms with Crippen LogP contribution in [0.5, 0.6) is 5.75 Å². The fourth-order valence-corrected chi connectivity index (χ4v) is 2.47. The van der Waals surface area contributed by atoms with E-state index in [0.29, 0.717) is 12.1 Å². The molecule has 0 aliphatic carbocycles. The molecule has 1 aliphatic rings. The van der Waals surface area contributed by atoms with Crippen molar-refractivity contribution in [3.05, 3.63) is 29.8 Å². The molecule has 2 N–H and O–H groups in total. The van der Waals surface area contributed by atoms with Gasteiger partial charge in [-0.1, -0.05) is 18.2 Å². The molecule has 1 aliphatic heterocycles. The molecule has 0 saturated heterocycles. The second kappa shape index (κ2) is 6.21. The van der Waals surface area contributed by atoms with Gasteiger partial charge in [-0.05, 0) is 45.0 Å². The van der Waals surface area contributed by atoms with Gasteiger partial charge in [0.2, 0.25) is 0 Å². The molecular formula is C15H24N2O. The van der Waals surface area contributed by atoms with Crippen LogP contribution in [0.1, 0.15) is 25.8 Å². The van der Waals surface area contributed by atoms with Crippen LogP contribution in [0.15, 0.2) is 24.3 Å². The van der Waals surface area contributed by atoms with E-state index in [1.165, 1.54) is 5.56 Å². The van der Waals surface area contributed by atoms with Gasteiger partial charge in [-0.25, -0.2) is 0 Å². The molecule has 100 valence electrons. The number of benzene rings is 1. The summed E-state index contributed by atoms with van der Waals surface area (Å²) in [5.74, 6) is 1.06. The molecule has 1 heterocycles. The molecule has 3 nitrogen and oxygen atoms in total. The van der Waals surface area contributed by atoms with Gasteiger partial charge in [-0.15, -0.1) is 0 Å². The monoisotopic (exact) mass is 248 g/mol. The summed E-state index contributed by atoms with van der Waals surface area (Å²) in [6, 6.07) is 8.89. The van der Waals surface area contributed by atoms with Crippen LogP contribution in [-0.4, -0.2) is 36.7 Å². The molecule has 1 aromatic carbocycles. The molecule has 1 aromatic rings. The molecule has 18 heavy (non-hydrogen) atoms. The zero-order valence-electron chi connectivity index (χ0n) is 11.4. The number of ether oxygens (including phenoxy) is 1. The first-order chi connectivity index (χ1) is 8.70. The van der Waals surface area contributed by atoms with E-state index in [0.717, 1.165) is 38.2 Å². The van der Waals surface area contributed by atoms with E-state index in [1.54, 1.807) is 0 Å². The zero-order valence-corrected chi connectivity index (χ0v) is 11.4. The van der Waals surface area contributed by atoms with E-state index in [4.69, 9.17) is 10.5 Å². The average molecular weight is 248 g/mol. The Morgan fingerprint density at radius 2 is 2.17 bits per heavy atom. The summed E-state index contributed by atoms with van der Waals surface area (Å²) in [7, 11) is 0. The Morgan fingerprint density at radius 1 is 1.39 bits per heavy atom. The van der Waals surface area contributed by atoms with Crippen LogP contribution >= 0.6 is 0 Å². The quantitative estimate of drug-likeness (QED) is 0.837. The van der Waals surface area contributed by atoms with Gasteiger partial charge in [0.25, 0.3) is 0 Å². The summed E-state index contributed by atoms with van der Waals surface area (Å²) in [6.07, 6.45) is 2.38. The lowest BCUT2D eigenvalue weighted by Gasteiger charge is -2.28. The minimum atomic E-state index is 0.294. The van der Waals surface area contributed by atoms with E-state index >= 15 is 0 Å². The minimum Gasteiger partial charge on any atom is -0.488 e. The van der Waals surface area contributed by atoms with Crippen molar-refractivity contribution in [3.63, 3.8) is 0 Å². The van der Waals surface area contributed by atoms with Crippen LogP contribution < -0.4 is 10.5 Å². The largest absolute Gasteiger partial charge is 0.488 e. The van der Waals surface area contributed by atoms with Gasteiger partial charge in [-0.3, -0.25) is 4.90 Å². The third-order valence-electron chi connectivity index (χ3n) is 3.53. The molecular weight excluding hydrogens is 224 g/mol. The van der Waals surface area contributed by atoms with E-state index < -0.39 is 0 Å². The molecule has 3 heteroatoms. The molecule has 1 unspecified atom stereocenters. The summed E-state index contributed by atoms with van der Waals surface area (Å²) in [5, 5.41) is 0. The molecule has 0 spiro atoms. The van der Waals surface area contributed by atoms with Gasteiger partial charge in [-0.2, -0.15) is 0 Å². The van der Waals surface area contributed by atoms with Crippen LogP contribution in [0.2, 0.25) is 0 Å². The number of fused-ring (bicyclic) bond motifs is 1.